The Morgan fingerprint density at radius 2 is 1.86 bits per heavy atom. The van der Waals surface area contributed by atoms with Crippen LogP contribution in [0.15, 0.2) is 24.3 Å². The highest BCUT2D eigenvalue weighted by molar-refractivity contribution is 5.49. The molecule has 1 aromatic carbocycles. The highest BCUT2D eigenvalue weighted by atomic mass is 16.5. The highest BCUT2D eigenvalue weighted by Gasteiger charge is 2.28. The molecule has 0 aliphatic carbocycles. The SMILES string of the molecule is CCCOc1ccc(N2CC(N)CC(CC(C)(C)C)C2)cc1. The van der Waals surface area contributed by atoms with Crippen LogP contribution in [0.3, 0.4) is 0 Å². The molecular formula is C19H32N2O. The summed E-state index contributed by atoms with van der Waals surface area (Å²) in [5.74, 6) is 1.64. The molecule has 1 fully saturated rings. The lowest BCUT2D eigenvalue weighted by atomic mass is 9.80. The molecule has 3 heteroatoms. The third-order valence-corrected chi connectivity index (χ3v) is 4.15. The van der Waals surface area contributed by atoms with Crippen molar-refractivity contribution in [3.8, 4) is 5.75 Å². The van der Waals surface area contributed by atoms with E-state index in [0.29, 0.717) is 11.3 Å². The minimum Gasteiger partial charge on any atom is -0.494 e. The molecule has 2 unspecified atom stereocenters. The number of nitrogens with zero attached hydrogens (tertiary/aromatic N) is 1. The van der Waals surface area contributed by atoms with Crippen molar-refractivity contribution < 1.29 is 4.74 Å². The number of rotatable bonds is 5. The Morgan fingerprint density at radius 1 is 1.18 bits per heavy atom. The van der Waals surface area contributed by atoms with Crippen LogP contribution in [0.5, 0.6) is 5.75 Å². The first-order valence-electron chi connectivity index (χ1n) is 8.61. The molecule has 1 aromatic rings. The fraction of sp³-hybridized carbons (Fsp3) is 0.684. The summed E-state index contributed by atoms with van der Waals surface area (Å²) < 4.78 is 5.66. The summed E-state index contributed by atoms with van der Waals surface area (Å²) in [4.78, 5) is 2.44. The number of hydrogen-bond donors (Lipinski definition) is 1. The van der Waals surface area contributed by atoms with Gasteiger partial charge >= 0.3 is 0 Å². The average molecular weight is 304 g/mol. The normalized spacial score (nSPS) is 22.7. The van der Waals surface area contributed by atoms with E-state index in [0.717, 1.165) is 38.3 Å². The Kier molecular flexibility index (Phi) is 5.74. The van der Waals surface area contributed by atoms with Gasteiger partial charge in [-0.2, -0.15) is 0 Å². The van der Waals surface area contributed by atoms with Gasteiger partial charge in [-0.3, -0.25) is 0 Å². The molecule has 3 nitrogen and oxygen atoms in total. The van der Waals surface area contributed by atoms with Crippen LogP contribution in [-0.4, -0.2) is 25.7 Å². The van der Waals surface area contributed by atoms with E-state index in [1.54, 1.807) is 0 Å². The van der Waals surface area contributed by atoms with Crippen LogP contribution in [0.2, 0.25) is 0 Å². The first-order valence-corrected chi connectivity index (χ1v) is 8.61. The molecule has 2 rings (SSSR count). The van der Waals surface area contributed by atoms with Gasteiger partial charge in [-0.1, -0.05) is 27.7 Å². The van der Waals surface area contributed by atoms with Crippen molar-refractivity contribution in [3.63, 3.8) is 0 Å². The predicted molar refractivity (Wildman–Crippen MR) is 94.6 cm³/mol. The third-order valence-electron chi connectivity index (χ3n) is 4.15. The van der Waals surface area contributed by atoms with Gasteiger partial charge in [0.1, 0.15) is 5.75 Å². The van der Waals surface area contributed by atoms with Crippen molar-refractivity contribution in [1.82, 2.24) is 0 Å². The van der Waals surface area contributed by atoms with Crippen molar-refractivity contribution in [3.05, 3.63) is 24.3 Å². The summed E-state index contributed by atoms with van der Waals surface area (Å²) in [7, 11) is 0. The zero-order valence-electron chi connectivity index (χ0n) is 14.6. The molecule has 0 radical (unpaired) electrons. The van der Waals surface area contributed by atoms with Gasteiger partial charge in [0.15, 0.2) is 0 Å². The molecule has 0 saturated carbocycles. The molecule has 1 saturated heterocycles. The number of anilines is 1. The molecule has 0 amide bonds. The van der Waals surface area contributed by atoms with Crippen LogP contribution in [0.25, 0.3) is 0 Å². The van der Waals surface area contributed by atoms with E-state index in [1.165, 1.54) is 12.1 Å². The number of nitrogens with two attached hydrogens (primary N) is 1. The second-order valence-corrected chi connectivity index (χ2v) is 7.87. The quantitative estimate of drug-likeness (QED) is 0.891. The summed E-state index contributed by atoms with van der Waals surface area (Å²) in [5, 5.41) is 0. The van der Waals surface area contributed by atoms with Gasteiger partial charge in [0.05, 0.1) is 6.61 Å². The van der Waals surface area contributed by atoms with Crippen LogP contribution < -0.4 is 15.4 Å². The van der Waals surface area contributed by atoms with Crippen molar-refractivity contribution >= 4 is 5.69 Å². The third kappa shape index (κ3) is 5.20. The van der Waals surface area contributed by atoms with Gasteiger partial charge < -0.3 is 15.4 Å². The predicted octanol–water partition coefficient (Wildman–Crippen LogP) is 4.07. The number of ether oxygens (including phenoxy) is 1. The largest absolute Gasteiger partial charge is 0.494 e. The fourth-order valence-corrected chi connectivity index (χ4v) is 3.44. The van der Waals surface area contributed by atoms with Gasteiger partial charge in [0.25, 0.3) is 0 Å². The number of hydrogen-bond acceptors (Lipinski definition) is 3. The smallest absolute Gasteiger partial charge is 0.119 e. The zero-order chi connectivity index (χ0) is 16.2. The van der Waals surface area contributed by atoms with E-state index in [2.05, 4.69) is 56.9 Å². The van der Waals surface area contributed by atoms with Crippen LogP contribution in [0.1, 0.15) is 47.0 Å². The Hall–Kier alpha value is -1.22. The average Bonchev–Trinajstić information content (AvgIpc) is 2.43. The van der Waals surface area contributed by atoms with Crippen molar-refractivity contribution in [2.45, 2.75) is 53.0 Å². The van der Waals surface area contributed by atoms with E-state index >= 15 is 0 Å². The summed E-state index contributed by atoms with van der Waals surface area (Å²) in [6.07, 6.45) is 3.41. The number of benzene rings is 1. The van der Waals surface area contributed by atoms with Crippen molar-refractivity contribution in [2.75, 3.05) is 24.6 Å². The van der Waals surface area contributed by atoms with Gasteiger partial charge in [-0.05, 0) is 54.9 Å². The van der Waals surface area contributed by atoms with E-state index in [9.17, 15) is 0 Å². The highest BCUT2D eigenvalue weighted by Crippen LogP contribution is 2.32. The molecule has 0 bridgehead atoms. The molecule has 1 heterocycles. The zero-order valence-corrected chi connectivity index (χ0v) is 14.6. The van der Waals surface area contributed by atoms with Gasteiger partial charge in [0.2, 0.25) is 0 Å². The molecule has 2 N–H and O–H groups in total. The van der Waals surface area contributed by atoms with Crippen LogP contribution in [0, 0.1) is 11.3 Å². The first kappa shape index (κ1) is 17.1. The second kappa shape index (κ2) is 7.36. The molecule has 1 aliphatic rings. The molecule has 1 aliphatic heterocycles. The monoisotopic (exact) mass is 304 g/mol. The lowest BCUT2D eigenvalue weighted by Crippen LogP contribution is -2.47. The summed E-state index contributed by atoms with van der Waals surface area (Å²) in [6, 6.07) is 8.75. The molecule has 2 atom stereocenters. The molecule has 0 aromatic heterocycles. The minimum atomic E-state index is 0.275. The van der Waals surface area contributed by atoms with Gasteiger partial charge in [0, 0.05) is 24.8 Å². The van der Waals surface area contributed by atoms with E-state index < -0.39 is 0 Å². The first-order chi connectivity index (χ1) is 10.4. The van der Waals surface area contributed by atoms with Gasteiger partial charge in [-0.15, -0.1) is 0 Å². The van der Waals surface area contributed by atoms with E-state index in [1.807, 2.05) is 0 Å². The molecular weight excluding hydrogens is 272 g/mol. The maximum absolute atomic E-state index is 6.30. The molecule has 124 valence electrons. The fourth-order valence-electron chi connectivity index (χ4n) is 3.44. The Bertz CT molecular complexity index is 449. The minimum absolute atomic E-state index is 0.275. The van der Waals surface area contributed by atoms with E-state index in [-0.39, 0.29) is 6.04 Å². The molecule has 22 heavy (non-hydrogen) atoms. The Morgan fingerprint density at radius 3 is 2.45 bits per heavy atom. The maximum atomic E-state index is 6.30. The molecule has 0 spiro atoms. The van der Waals surface area contributed by atoms with Crippen molar-refractivity contribution in [2.24, 2.45) is 17.1 Å². The van der Waals surface area contributed by atoms with Crippen molar-refractivity contribution in [1.29, 1.82) is 0 Å². The van der Waals surface area contributed by atoms with Crippen LogP contribution in [-0.2, 0) is 0 Å². The number of piperidine rings is 1. The summed E-state index contributed by atoms with van der Waals surface area (Å²) >= 11 is 0. The topological polar surface area (TPSA) is 38.5 Å². The Balaban J connectivity index is 2.01. The summed E-state index contributed by atoms with van der Waals surface area (Å²) in [5.41, 5.74) is 7.93. The Labute approximate surface area is 135 Å². The lowest BCUT2D eigenvalue weighted by molar-refractivity contribution is 0.253. The van der Waals surface area contributed by atoms with Crippen LogP contribution >= 0.6 is 0 Å². The standard InChI is InChI=1S/C19H32N2O/c1-5-10-22-18-8-6-17(7-9-18)21-13-15(11-16(20)14-21)12-19(2,3)4/h6-9,15-16H,5,10-14,20H2,1-4H3. The maximum Gasteiger partial charge on any atom is 0.119 e. The van der Waals surface area contributed by atoms with E-state index in [4.69, 9.17) is 10.5 Å². The second-order valence-electron chi connectivity index (χ2n) is 7.87. The van der Waals surface area contributed by atoms with Gasteiger partial charge in [-0.25, -0.2) is 0 Å². The summed E-state index contributed by atoms with van der Waals surface area (Å²) in [6.45, 7) is 11.9. The lowest BCUT2D eigenvalue weighted by Gasteiger charge is -2.40. The van der Waals surface area contributed by atoms with Crippen LogP contribution in [0.4, 0.5) is 5.69 Å².